The molecule has 7 nitrogen and oxygen atoms in total. The second-order valence-electron chi connectivity index (χ2n) is 8.03. The van der Waals surface area contributed by atoms with E-state index in [-0.39, 0.29) is 5.91 Å². The quantitative estimate of drug-likeness (QED) is 0.542. The van der Waals surface area contributed by atoms with Crippen LogP contribution in [0.1, 0.15) is 36.4 Å². The SMILES string of the molecule is CN(Cc1cccs1)C(=O)CCc1nc2cc(S(=O)(=O)N3CCCCC3)ccc2n1C. The summed E-state index contributed by atoms with van der Waals surface area (Å²) in [7, 11) is 0.226. The summed E-state index contributed by atoms with van der Waals surface area (Å²) in [5, 5.41) is 2.01. The number of hydrogen-bond acceptors (Lipinski definition) is 5. The van der Waals surface area contributed by atoms with Gasteiger partial charge in [0.25, 0.3) is 0 Å². The van der Waals surface area contributed by atoms with Crippen LogP contribution < -0.4 is 0 Å². The molecule has 0 N–H and O–H groups in total. The van der Waals surface area contributed by atoms with Gasteiger partial charge in [-0.2, -0.15) is 4.31 Å². The van der Waals surface area contributed by atoms with Gasteiger partial charge in [0.2, 0.25) is 15.9 Å². The van der Waals surface area contributed by atoms with Crippen LogP contribution in [-0.4, -0.2) is 53.2 Å². The standard InChI is InChI=1S/C22H28N4O3S2/c1-24(16-17-7-6-14-30-17)22(27)11-10-21-23-19-15-18(8-9-20(19)25(21)2)31(28,29)26-12-4-3-5-13-26/h6-9,14-15H,3-5,10-13,16H2,1-2H3. The van der Waals surface area contributed by atoms with Crippen molar-refractivity contribution in [1.29, 1.82) is 0 Å². The smallest absolute Gasteiger partial charge is 0.243 e. The molecule has 1 fully saturated rings. The number of aromatic nitrogens is 2. The minimum Gasteiger partial charge on any atom is -0.341 e. The summed E-state index contributed by atoms with van der Waals surface area (Å²) >= 11 is 1.64. The number of imidazole rings is 1. The van der Waals surface area contributed by atoms with Crippen LogP contribution in [-0.2, 0) is 34.8 Å². The van der Waals surface area contributed by atoms with E-state index in [2.05, 4.69) is 4.98 Å². The minimum absolute atomic E-state index is 0.0637. The summed E-state index contributed by atoms with van der Waals surface area (Å²) in [6.07, 6.45) is 3.76. The molecule has 0 saturated carbocycles. The zero-order valence-corrected chi connectivity index (χ0v) is 19.6. The van der Waals surface area contributed by atoms with Gasteiger partial charge in [-0.05, 0) is 42.5 Å². The van der Waals surface area contributed by atoms with E-state index in [1.807, 2.05) is 42.2 Å². The maximum absolute atomic E-state index is 13.0. The Morgan fingerprint density at radius 1 is 1.19 bits per heavy atom. The van der Waals surface area contributed by atoms with Gasteiger partial charge in [0.15, 0.2) is 0 Å². The maximum Gasteiger partial charge on any atom is 0.243 e. The third-order valence-electron chi connectivity index (χ3n) is 5.86. The van der Waals surface area contributed by atoms with Gasteiger partial charge in [0, 0.05) is 44.9 Å². The summed E-state index contributed by atoms with van der Waals surface area (Å²) in [4.78, 5) is 20.4. The highest BCUT2D eigenvalue weighted by molar-refractivity contribution is 7.89. The summed E-state index contributed by atoms with van der Waals surface area (Å²) in [6.45, 7) is 1.76. The van der Waals surface area contributed by atoms with Crippen LogP contribution in [0.4, 0.5) is 0 Å². The number of aryl methyl sites for hydroxylation is 2. The molecule has 3 aromatic rings. The highest BCUT2D eigenvalue weighted by Crippen LogP contribution is 2.25. The topological polar surface area (TPSA) is 75.5 Å². The average molecular weight is 461 g/mol. The van der Waals surface area contributed by atoms with Crippen molar-refractivity contribution < 1.29 is 13.2 Å². The lowest BCUT2D eigenvalue weighted by molar-refractivity contribution is -0.130. The minimum atomic E-state index is -3.49. The Balaban J connectivity index is 1.48. The van der Waals surface area contributed by atoms with Crippen molar-refractivity contribution in [3.63, 3.8) is 0 Å². The Labute approximate surface area is 187 Å². The van der Waals surface area contributed by atoms with E-state index in [0.717, 1.165) is 35.5 Å². The lowest BCUT2D eigenvalue weighted by Crippen LogP contribution is -2.35. The molecule has 0 unspecified atom stereocenters. The van der Waals surface area contributed by atoms with Crippen LogP contribution in [0.5, 0.6) is 0 Å². The first-order chi connectivity index (χ1) is 14.9. The van der Waals surface area contributed by atoms with Crippen molar-refractivity contribution in [2.75, 3.05) is 20.1 Å². The van der Waals surface area contributed by atoms with E-state index in [1.165, 1.54) is 0 Å². The molecule has 0 atom stereocenters. The molecule has 166 valence electrons. The van der Waals surface area contributed by atoms with Gasteiger partial charge in [-0.25, -0.2) is 13.4 Å². The summed E-state index contributed by atoms with van der Waals surface area (Å²) in [6, 6.07) is 9.14. The van der Waals surface area contributed by atoms with Gasteiger partial charge in [0.05, 0.1) is 22.5 Å². The van der Waals surface area contributed by atoms with E-state index in [1.54, 1.807) is 32.7 Å². The summed E-state index contributed by atoms with van der Waals surface area (Å²) < 4.78 is 29.5. The fraction of sp³-hybridized carbons (Fsp3) is 0.455. The molecule has 1 aromatic carbocycles. The number of rotatable bonds is 7. The lowest BCUT2D eigenvalue weighted by atomic mass is 10.2. The Bertz CT molecular complexity index is 1160. The molecule has 3 heterocycles. The largest absolute Gasteiger partial charge is 0.341 e. The summed E-state index contributed by atoms with van der Waals surface area (Å²) in [5.41, 5.74) is 1.52. The summed E-state index contributed by atoms with van der Waals surface area (Å²) in [5.74, 6) is 0.842. The van der Waals surface area contributed by atoms with Crippen molar-refractivity contribution in [1.82, 2.24) is 18.8 Å². The average Bonchev–Trinajstić information content (AvgIpc) is 3.40. The first-order valence-corrected chi connectivity index (χ1v) is 12.9. The van der Waals surface area contributed by atoms with E-state index in [9.17, 15) is 13.2 Å². The third kappa shape index (κ3) is 4.68. The van der Waals surface area contributed by atoms with E-state index < -0.39 is 10.0 Å². The van der Waals surface area contributed by atoms with Crippen LogP contribution >= 0.6 is 11.3 Å². The number of hydrogen-bond donors (Lipinski definition) is 0. The Kier molecular flexibility index (Phi) is 6.45. The fourth-order valence-corrected chi connectivity index (χ4v) is 6.30. The van der Waals surface area contributed by atoms with Gasteiger partial charge in [0.1, 0.15) is 5.82 Å². The van der Waals surface area contributed by atoms with E-state index >= 15 is 0 Å². The van der Waals surface area contributed by atoms with Crippen LogP contribution in [0.25, 0.3) is 11.0 Å². The first-order valence-electron chi connectivity index (χ1n) is 10.6. The molecule has 4 rings (SSSR count). The van der Waals surface area contributed by atoms with Gasteiger partial charge >= 0.3 is 0 Å². The Hall–Kier alpha value is -2.23. The van der Waals surface area contributed by atoms with Gasteiger partial charge in [-0.15, -0.1) is 11.3 Å². The molecular formula is C22H28N4O3S2. The third-order valence-corrected chi connectivity index (χ3v) is 8.61. The highest BCUT2D eigenvalue weighted by atomic mass is 32.2. The molecular weight excluding hydrogens is 432 g/mol. The molecule has 0 radical (unpaired) electrons. The second kappa shape index (κ2) is 9.10. The van der Waals surface area contributed by atoms with Gasteiger partial charge < -0.3 is 9.47 Å². The van der Waals surface area contributed by atoms with Crippen molar-refractivity contribution in [2.24, 2.45) is 7.05 Å². The molecule has 1 aliphatic rings. The molecule has 31 heavy (non-hydrogen) atoms. The van der Waals surface area contributed by atoms with Gasteiger partial charge in [-0.1, -0.05) is 12.5 Å². The fourth-order valence-electron chi connectivity index (χ4n) is 4.00. The number of thiophene rings is 1. The monoisotopic (exact) mass is 460 g/mol. The predicted molar refractivity (Wildman–Crippen MR) is 122 cm³/mol. The highest BCUT2D eigenvalue weighted by Gasteiger charge is 2.26. The van der Waals surface area contributed by atoms with E-state index in [4.69, 9.17) is 0 Å². The number of fused-ring (bicyclic) bond motifs is 1. The first kappa shape index (κ1) is 22.0. The second-order valence-corrected chi connectivity index (χ2v) is 11.0. The lowest BCUT2D eigenvalue weighted by Gasteiger charge is -2.25. The normalized spacial score (nSPS) is 15.4. The number of sulfonamides is 1. The van der Waals surface area contributed by atoms with Crippen LogP contribution in [0.2, 0.25) is 0 Å². The number of nitrogens with zero attached hydrogens (tertiary/aromatic N) is 4. The molecule has 1 saturated heterocycles. The number of carbonyl (C=O) groups excluding carboxylic acids is 1. The van der Waals surface area contributed by atoms with Crippen LogP contribution in [0.3, 0.4) is 0 Å². The maximum atomic E-state index is 13.0. The molecule has 1 aliphatic heterocycles. The van der Waals surface area contributed by atoms with Crippen molar-refractivity contribution in [3.05, 3.63) is 46.4 Å². The predicted octanol–water partition coefficient (Wildman–Crippen LogP) is 3.40. The number of carbonyl (C=O) groups is 1. The molecule has 1 amide bonds. The van der Waals surface area contributed by atoms with Gasteiger partial charge in [-0.3, -0.25) is 4.79 Å². The molecule has 0 aliphatic carbocycles. The molecule has 9 heteroatoms. The Morgan fingerprint density at radius 3 is 2.68 bits per heavy atom. The van der Waals surface area contributed by atoms with Crippen molar-refractivity contribution in [3.8, 4) is 0 Å². The van der Waals surface area contributed by atoms with Crippen LogP contribution in [0.15, 0.2) is 40.6 Å². The zero-order valence-electron chi connectivity index (χ0n) is 18.0. The molecule has 2 aromatic heterocycles. The number of piperidine rings is 1. The van der Waals surface area contributed by atoms with E-state index in [0.29, 0.717) is 42.9 Å². The zero-order chi connectivity index (χ0) is 22.0. The molecule has 0 bridgehead atoms. The van der Waals surface area contributed by atoms with Crippen LogP contribution in [0, 0.1) is 0 Å². The van der Waals surface area contributed by atoms with Crippen molar-refractivity contribution >= 4 is 38.3 Å². The molecule has 0 spiro atoms. The Morgan fingerprint density at radius 2 is 1.97 bits per heavy atom. The number of benzene rings is 1. The number of amides is 1. The van der Waals surface area contributed by atoms with Crippen molar-refractivity contribution in [2.45, 2.75) is 43.5 Å².